The molecule has 3 rings (SSSR count). The molecule has 0 N–H and O–H groups in total. The molecule has 2 nitrogen and oxygen atoms in total. The molecule has 2 heterocycles. The molecule has 2 aromatic heterocycles. The maximum absolute atomic E-state index is 13.8. The molecule has 110 valence electrons. The first kappa shape index (κ1) is 14.8. The van der Waals surface area contributed by atoms with Crippen LogP contribution in [0.2, 0.25) is 5.02 Å². The van der Waals surface area contributed by atoms with E-state index in [2.05, 4.69) is 18.0 Å². The summed E-state index contributed by atoms with van der Waals surface area (Å²) in [5.41, 5.74) is 2.59. The average molecular weight is 343 g/mol. The van der Waals surface area contributed by atoms with Crippen LogP contribution >= 0.6 is 34.5 Å². The van der Waals surface area contributed by atoms with Crippen molar-refractivity contribution in [2.45, 2.75) is 25.8 Å². The van der Waals surface area contributed by atoms with Gasteiger partial charge in [0.05, 0.1) is 28.0 Å². The molecule has 3 aromatic rings. The fraction of sp³-hybridized carbons (Fsp3) is 0.267. The Bertz CT molecular complexity index is 807. The molecule has 1 unspecified atom stereocenters. The van der Waals surface area contributed by atoms with Crippen LogP contribution in [0.25, 0.3) is 11.0 Å². The van der Waals surface area contributed by atoms with E-state index in [9.17, 15) is 4.39 Å². The first-order valence-electron chi connectivity index (χ1n) is 6.49. The molecule has 6 heteroatoms. The number of aryl methyl sites for hydroxylation is 1. The van der Waals surface area contributed by atoms with Gasteiger partial charge in [-0.1, -0.05) is 11.6 Å². The standard InChI is InChI=1S/C15H13Cl2FN2S/c1-8-3-4-21-14(8)7-20-13-6-11(18)10(17)5-12(13)19-15(20)9(2)16/h3-6,9H,7H2,1-2H3. The molecule has 21 heavy (non-hydrogen) atoms. The van der Waals surface area contributed by atoms with Gasteiger partial charge in [0.1, 0.15) is 11.6 Å². The van der Waals surface area contributed by atoms with Crippen molar-refractivity contribution in [3.63, 3.8) is 0 Å². The van der Waals surface area contributed by atoms with E-state index >= 15 is 0 Å². The number of nitrogens with zero attached hydrogens (tertiary/aromatic N) is 2. The molecule has 0 saturated heterocycles. The molecule has 0 saturated carbocycles. The minimum Gasteiger partial charge on any atom is -0.321 e. The van der Waals surface area contributed by atoms with Crippen LogP contribution in [0, 0.1) is 12.7 Å². The second-order valence-electron chi connectivity index (χ2n) is 4.95. The van der Waals surface area contributed by atoms with Crippen molar-refractivity contribution < 1.29 is 4.39 Å². The highest BCUT2D eigenvalue weighted by molar-refractivity contribution is 7.10. The molecule has 1 aromatic carbocycles. The van der Waals surface area contributed by atoms with Crippen molar-refractivity contribution in [1.82, 2.24) is 9.55 Å². The van der Waals surface area contributed by atoms with Gasteiger partial charge in [-0.15, -0.1) is 22.9 Å². The Morgan fingerprint density at radius 1 is 1.43 bits per heavy atom. The minimum atomic E-state index is -0.443. The van der Waals surface area contributed by atoms with Crippen LogP contribution in [-0.2, 0) is 6.54 Å². The zero-order valence-corrected chi connectivity index (χ0v) is 13.9. The fourth-order valence-electron chi connectivity index (χ4n) is 2.32. The summed E-state index contributed by atoms with van der Waals surface area (Å²) in [6.07, 6.45) is 0. The summed E-state index contributed by atoms with van der Waals surface area (Å²) in [6.45, 7) is 4.55. The molecule has 0 aliphatic rings. The van der Waals surface area contributed by atoms with E-state index in [-0.39, 0.29) is 10.4 Å². The number of rotatable bonds is 3. The largest absolute Gasteiger partial charge is 0.321 e. The smallest absolute Gasteiger partial charge is 0.144 e. The van der Waals surface area contributed by atoms with Crippen molar-refractivity contribution in [2.75, 3.05) is 0 Å². The monoisotopic (exact) mass is 342 g/mol. The van der Waals surface area contributed by atoms with E-state index < -0.39 is 5.82 Å². The van der Waals surface area contributed by atoms with Crippen LogP contribution in [-0.4, -0.2) is 9.55 Å². The zero-order valence-electron chi connectivity index (χ0n) is 11.5. The van der Waals surface area contributed by atoms with Gasteiger partial charge in [0.25, 0.3) is 0 Å². The van der Waals surface area contributed by atoms with Gasteiger partial charge in [0.2, 0.25) is 0 Å². The lowest BCUT2D eigenvalue weighted by molar-refractivity contribution is 0.628. The summed E-state index contributed by atoms with van der Waals surface area (Å²) >= 11 is 13.7. The number of imidazole rings is 1. The molecular weight excluding hydrogens is 330 g/mol. The van der Waals surface area contributed by atoms with Gasteiger partial charge in [-0.05, 0) is 36.9 Å². The van der Waals surface area contributed by atoms with E-state index in [4.69, 9.17) is 23.2 Å². The first-order valence-corrected chi connectivity index (χ1v) is 8.19. The van der Waals surface area contributed by atoms with Gasteiger partial charge in [0, 0.05) is 10.9 Å². The molecule has 0 radical (unpaired) electrons. The molecule has 0 fully saturated rings. The summed E-state index contributed by atoms with van der Waals surface area (Å²) in [4.78, 5) is 5.72. The fourth-order valence-corrected chi connectivity index (χ4v) is 3.54. The maximum Gasteiger partial charge on any atom is 0.144 e. The number of halogens is 3. The molecule has 0 aliphatic heterocycles. The summed E-state index contributed by atoms with van der Waals surface area (Å²) in [7, 11) is 0. The van der Waals surface area contributed by atoms with Crippen molar-refractivity contribution >= 4 is 45.6 Å². The highest BCUT2D eigenvalue weighted by atomic mass is 35.5. The summed E-state index contributed by atoms with van der Waals surface area (Å²) < 4.78 is 15.8. The van der Waals surface area contributed by atoms with Gasteiger partial charge in [0.15, 0.2) is 0 Å². The Balaban J connectivity index is 2.20. The molecule has 0 spiro atoms. The lowest BCUT2D eigenvalue weighted by atomic mass is 10.2. The Hall–Kier alpha value is -1.10. The van der Waals surface area contributed by atoms with Gasteiger partial charge in [-0.25, -0.2) is 9.37 Å². The van der Waals surface area contributed by atoms with Gasteiger partial charge >= 0.3 is 0 Å². The Morgan fingerprint density at radius 2 is 2.19 bits per heavy atom. The third kappa shape index (κ3) is 2.68. The van der Waals surface area contributed by atoms with Crippen molar-refractivity contribution in [3.8, 4) is 0 Å². The Morgan fingerprint density at radius 3 is 2.81 bits per heavy atom. The minimum absolute atomic E-state index is 0.0771. The number of thiophene rings is 1. The Labute approximate surface area is 136 Å². The SMILES string of the molecule is Cc1ccsc1Cn1c(C(C)Cl)nc2cc(Cl)c(F)cc21. The van der Waals surface area contributed by atoms with Gasteiger partial charge in [-0.2, -0.15) is 0 Å². The number of alkyl halides is 1. The molecular formula is C15H13Cl2FN2S. The summed E-state index contributed by atoms with van der Waals surface area (Å²) in [5.74, 6) is 0.281. The first-order chi connectivity index (χ1) is 9.97. The van der Waals surface area contributed by atoms with Gasteiger partial charge in [-0.3, -0.25) is 0 Å². The Kier molecular flexibility index (Phi) is 3.95. The van der Waals surface area contributed by atoms with E-state index in [1.54, 1.807) is 17.4 Å². The molecule has 0 aliphatic carbocycles. The molecule has 0 bridgehead atoms. The highest BCUT2D eigenvalue weighted by Gasteiger charge is 2.18. The number of aromatic nitrogens is 2. The topological polar surface area (TPSA) is 17.8 Å². The van der Waals surface area contributed by atoms with Crippen LogP contribution in [0.4, 0.5) is 4.39 Å². The van der Waals surface area contributed by atoms with Crippen LogP contribution in [0.3, 0.4) is 0 Å². The molecule has 1 atom stereocenters. The predicted octanol–water partition coefficient (Wildman–Crippen LogP) is 5.55. The number of fused-ring (bicyclic) bond motifs is 1. The number of hydrogen-bond donors (Lipinski definition) is 0. The second kappa shape index (κ2) is 5.59. The van der Waals surface area contributed by atoms with E-state index in [1.807, 2.05) is 16.9 Å². The lowest BCUT2D eigenvalue weighted by Gasteiger charge is -2.10. The third-order valence-corrected chi connectivity index (χ3v) is 4.94. The normalized spacial score (nSPS) is 13.0. The quantitative estimate of drug-likeness (QED) is 0.571. The third-order valence-electron chi connectivity index (χ3n) is 3.45. The summed E-state index contributed by atoms with van der Waals surface area (Å²) in [5, 5.41) is 1.86. The van der Waals surface area contributed by atoms with E-state index in [0.29, 0.717) is 17.6 Å². The van der Waals surface area contributed by atoms with E-state index in [0.717, 1.165) is 5.82 Å². The average Bonchev–Trinajstić information content (AvgIpc) is 2.97. The van der Waals surface area contributed by atoms with Crippen molar-refractivity contribution in [3.05, 3.63) is 50.7 Å². The lowest BCUT2D eigenvalue weighted by Crippen LogP contribution is -2.05. The van der Waals surface area contributed by atoms with Gasteiger partial charge < -0.3 is 4.57 Å². The predicted molar refractivity (Wildman–Crippen MR) is 87.1 cm³/mol. The maximum atomic E-state index is 13.8. The van der Waals surface area contributed by atoms with Crippen molar-refractivity contribution in [2.24, 2.45) is 0 Å². The van der Waals surface area contributed by atoms with Crippen LogP contribution < -0.4 is 0 Å². The summed E-state index contributed by atoms with van der Waals surface area (Å²) in [6, 6.07) is 5.05. The van der Waals surface area contributed by atoms with E-state index in [1.165, 1.54) is 16.5 Å². The molecule has 0 amide bonds. The number of benzene rings is 1. The number of hydrogen-bond acceptors (Lipinski definition) is 2. The van der Waals surface area contributed by atoms with Crippen LogP contribution in [0.5, 0.6) is 0 Å². The zero-order chi connectivity index (χ0) is 15.1. The van der Waals surface area contributed by atoms with Crippen molar-refractivity contribution in [1.29, 1.82) is 0 Å². The van der Waals surface area contributed by atoms with Crippen LogP contribution in [0.1, 0.15) is 28.6 Å². The van der Waals surface area contributed by atoms with Crippen LogP contribution in [0.15, 0.2) is 23.6 Å². The second-order valence-corrected chi connectivity index (χ2v) is 7.02. The highest BCUT2D eigenvalue weighted by Crippen LogP contribution is 2.30.